The van der Waals surface area contributed by atoms with Crippen molar-refractivity contribution in [2.45, 2.75) is 12.7 Å². The van der Waals surface area contributed by atoms with Crippen LogP contribution in [-0.4, -0.2) is 24.8 Å². The molecule has 0 fully saturated rings. The van der Waals surface area contributed by atoms with E-state index in [2.05, 4.69) is 17.1 Å². The summed E-state index contributed by atoms with van der Waals surface area (Å²) >= 11 is 0. The maximum atomic E-state index is 11.5. The number of benzene rings is 1. The van der Waals surface area contributed by atoms with E-state index in [0.717, 1.165) is 31.3 Å². The molecule has 0 bridgehead atoms. The summed E-state index contributed by atoms with van der Waals surface area (Å²) in [6, 6.07) is 14.1. The van der Waals surface area contributed by atoms with E-state index in [1.54, 1.807) is 0 Å². The highest BCUT2D eigenvalue weighted by Crippen LogP contribution is 2.12. The second kappa shape index (κ2) is 5.27. The van der Waals surface area contributed by atoms with Crippen LogP contribution in [-0.2, 0) is 17.5 Å². The fourth-order valence-corrected chi connectivity index (χ4v) is 2.30. The van der Waals surface area contributed by atoms with Gasteiger partial charge in [0.05, 0.1) is 17.9 Å². The minimum absolute atomic E-state index is 0.247. The summed E-state index contributed by atoms with van der Waals surface area (Å²) in [6.07, 6.45) is 1.69. The van der Waals surface area contributed by atoms with Crippen LogP contribution in [0.5, 0.6) is 0 Å². The number of pyridine rings is 1. The Balaban J connectivity index is 1.74. The van der Waals surface area contributed by atoms with E-state index in [-0.39, 0.29) is 5.97 Å². The predicted octanol–water partition coefficient (Wildman–Crippen LogP) is 1.06. The van der Waals surface area contributed by atoms with E-state index in [9.17, 15) is 4.79 Å². The molecule has 1 aliphatic heterocycles. The van der Waals surface area contributed by atoms with E-state index >= 15 is 0 Å². The number of carbonyl (C=O) groups is 1. The summed E-state index contributed by atoms with van der Waals surface area (Å²) in [7, 11) is 0.895. The molecule has 0 spiro atoms. The van der Waals surface area contributed by atoms with Crippen molar-refractivity contribution in [3.63, 3.8) is 0 Å². The fourth-order valence-electron chi connectivity index (χ4n) is 2.30. The van der Waals surface area contributed by atoms with Crippen molar-refractivity contribution >= 4 is 18.8 Å². The average Bonchev–Trinajstić information content (AvgIpc) is 2.46. The molecule has 0 unspecified atom stereocenters. The number of hydrogen-bond donors (Lipinski definition) is 0. The number of hydrogen-bond acceptors (Lipinski definition) is 3. The summed E-state index contributed by atoms with van der Waals surface area (Å²) in [4.78, 5) is 16.1. The molecule has 0 aliphatic carbocycles. The number of fused-ring (bicyclic) bond motifs is 1. The minimum atomic E-state index is -0.247. The molecule has 19 heavy (non-hydrogen) atoms. The van der Waals surface area contributed by atoms with Gasteiger partial charge in [0, 0.05) is 12.0 Å². The van der Waals surface area contributed by atoms with Crippen LogP contribution in [0.25, 0.3) is 0 Å². The first-order chi connectivity index (χ1) is 9.33. The van der Waals surface area contributed by atoms with Gasteiger partial charge in [-0.25, -0.2) is 4.79 Å². The number of rotatable bonds is 3. The van der Waals surface area contributed by atoms with Crippen molar-refractivity contribution in [2.24, 2.45) is 0 Å². The van der Waals surface area contributed by atoms with Crippen LogP contribution in [0.3, 0.4) is 0 Å². The first-order valence-corrected chi connectivity index (χ1v) is 6.53. The Bertz CT molecular complexity index is 598. The second-order valence-electron chi connectivity index (χ2n) is 4.67. The standard InChI is InChI=1S/C15H14BNO2/c18-15-12-6-7-14(17-13(12)8-9-19-15)16-10-11-4-2-1-3-5-11/h1-7,16H,8-10H2. The Kier molecular flexibility index (Phi) is 3.32. The van der Waals surface area contributed by atoms with Gasteiger partial charge < -0.3 is 4.74 Å². The highest BCUT2D eigenvalue weighted by atomic mass is 16.5. The highest BCUT2D eigenvalue weighted by Gasteiger charge is 2.19. The third kappa shape index (κ3) is 2.68. The quantitative estimate of drug-likeness (QED) is 0.604. The molecule has 1 aromatic heterocycles. The number of esters is 1. The Morgan fingerprint density at radius 2 is 2.00 bits per heavy atom. The third-order valence-electron chi connectivity index (χ3n) is 3.34. The van der Waals surface area contributed by atoms with Crippen LogP contribution < -0.4 is 5.59 Å². The zero-order chi connectivity index (χ0) is 13.1. The molecule has 0 N–H and O–H groups in total. The first-order valence-electron chi connectivity index (χ1n) is 6.53. The largest absolute Gasteiger partial charge is 0.462 e. The molecule has 2 aromatic rings. The number of ether oxygens (including phenoxy) is 1. The molecule has 1 aliphatic rings. The Hall–Kier alpha value is -2.10. The van der Waals surface area contributed by atoms with E-state index in [4.69, 9.17) is 4.74 Å². The van der Waals surface area contributed by atoms with Crippen molar-refractivity contribution in [1.82, 2.24) is 4.98 Å². The molecule has 0 amide bonds. The van der Waals surface area contributed by atoms with Gasteiger partial charge in [-0.1, -0.05) is 35.9 Å². The van der Waals surface area contributed by atoms with Crippen LogP contribution in [0, 0.1) is 0 Å². The zero-order valence-electron chi connectivity index (χ0n) is 10.6. The summed E-state index contributed by atoms with van der Waals surface area (Å²) < 4.78 is 4.99. The molecule has 0 atom stereocenters. The number of nitrogens with zero attached hydrogens (tertiary/aromatic N) is 1. The lowest BCUT2D eigenvalue weighted by atomic mass is 9.68. The topological polar surface area (TPSA) is 39.2 Å². The maximum absolute atomic E-state index is 11.5. The lowest BCUT2D eigenvalue weighted by Crippen LogP contribution is -2.27. The van der Waals surface area contributed by atoms with Gasteiger partial charge in [-0.3, -0.25) is 4.98 Å². The van der Waals surface area contributed by atoms with Gasteiger partial charge in [0.15, 0.2) is 7.28 Å². The van der Waals surface area contributed by atoms with E-state index in [1.165, 1.54) is 5.56 Å². The number of cyclic esters (lactones) is 1. The Labute approximate surface area is 112 Å². The van der Waals surface area contributed by atoms with Crippen LogP contribution in [0.1, 0.15) is 21.6 Å². The molecular formula is C15H14BNO2. The van der Waals surface area contributed by atoms with E-state index in [1.807, 2.05) is 30.3 Å². The van der Waals surface area contributed by atoms with Crippen molar-refractivity contribution in [2.75, 3.05) is 6.61 Å². The molecule has 2 heterocycles. The molecule has 3 rings (SSSR count). The highest BCUT2D eigenvalue weighted by molar-refractivity contribution is 6.51. The molecule has 0 saturated heterocycles. The van der Waals surface area contributed by atoms with Gasteiger partial charge in [-0.15, -0.1) is 0 Å². The fraction of sp³-hybridized carbons (Fsp3) is 0.200. The molecule has 1 aromatic carbocycles. The van der Waals surface area contributed by atoms with Crippen LogP contribution in [0.2, 0.25) is 0 Å². The summed E-state index contributed by atoms with van der Waals surface area (Å²) in [6.45, 7) is 0.445. The molecular weight excluding hydrogens is 237 g/mol. The summed E-state index contributed by atoms with van der Waals surface area (Å²) in [5.41, 5.74) is 3.84. The summed E-state index contributed by atoms with van der Waals surface area (Å²) in [5, 5.41) is 0. The van der Waals surface area contributed by atoms with Crippen molar-refractivity contribution in [3.05, 3.63) is 59.3 Å². The monoisotopic (exact) mass is 251 g/mol. The number of carbonyl (C=O) groups excluding carboxylic acids is 1. The SMILES string of the molecule is O=C1OCCc2nc(BCc3ccccc3)ccc21. The summed E-state index contributed by atoms with van der Waals surface area (Å²) in [5.74, 6) is -0.247. The van der Waals surface area contributed by atoms with Gasteiger partial charge in [0.1, 0.15) is 0 Å². The zero-order valence-corrected chi connectivity index (χ0v) is 10.6. The third-order valence-corrected chi connectivity index (χ3v) is 3.34. The Morgan fingerprint density at radius 1 is 1.16 bits per heavy atom. The first kappa shape index (κ1) is 12.0. The van der Waals surface area contributed by atoms with Gasteiger partial charge in [0.25, 0.3) is 0 Å². The van der Waals surface area contributed by atoms with Crippen LogP contribution in [0.15, 0.2) is 42.5 Å². The van der Waals surface area contributed by atoms with Crippen LogP contribution in [0.4, 0.5) is 0 Å². The molecule has 0 saturated carbocycles. The predicted molar refractivity (Wildman–Crippen MR) is 75.2 cm³/mol. The van der Waals surface area contributed by atoms with Crippen molar-refractivity contribution in [1.29, 1.82) is 0 Å². The smallest absolute Gasteiger partial charge is 0.340 e. The lowest BCUT2D eigenvalue weighted by Gasteiger charge is -2.15. The lowest BCUT2D eigenvalue weighted by molar-refractivity contribution is 0.0477. The molecule has 94 valence electrons. The molecule has 3 nitrogen and oxygen atoms in total. The van der Waals surface area contributed by atoms with Gasteiger partial charge in [-0.2, -0.15) is 0 Å². The van der Waals surface area contributed by atoms with E-state index < -0.39 is 0 Å². The number of aromatic nitrogens is 1. The van der Waals surface area contributed by atoms with Crippen LogP contribution >= 0.6 is 0 Å². The average molecular weight is 251 g/mol. The van der Waals surface area contributed by atoms with Crippen molar-refractivity contribution < 1.29 is 9.53 Å². The Morgan fingerprint density at radius 3 is 2.84 bits per heavy atom. The van der Waals surface area contributed by atoms with Gasteiger partial charge >= 0.3 is 5.97 Å². The van der Waals surface area contributed by atoms with Gasteiger partial charge in [0.2, 0.25) is 0 Å². The van der Waals surface area contributed by atoms with Crippen molar-refractivity contribution in [3.8, 4) is 0 Å². The normalized spacial score (nSPS) is 13.6. The van der Waals surface area contributed by atoms with Gasteiger partial charge in [-0.05, 0) is 18.5 Å². The maximum Gasteiger partial charge on any atom is 0.340 e. The molecule has 0 radical (unpaired) electrons. The second-order valence-corrected chi connectivity index (χ2v) is 4.67. The van der Waals surface area contributed by atoms with E-state index in [0.29, 0.717) is 12.2 Å². The molecule has 4 heteroatoms. The minimum Gasteiger partial charge on any atom is -0.462 e.